The first-order valence-corrected chi connectivity index (χ1v) is 7.23. The fourth-order valence-electron chi connectivity index (χ4n) is 2.95. The number of carbonyl (C=O) groups is 2. The summed E-state index contributed by atoms with van der Waals surface area (Å²) in [6.07, 6.45) is 0. The number of nitrogens with one attached hydrogen (secondary N) is 1. The van der Waals surface area contributed by atoms with Gasteiger partial charge >= 0.3 is 12.1 Å². The van der Waals surface area contributed by atoms with Gasteiger partial charge in [-0.3, -0.25) is 0 Å². The molecular weight excluding hydrogens is 268 g/mol. The number of benzene rings is 1. The Kier molecular flexibility index (Phi) is 3.68. The molecular formula is C15H20N4O2. The van der Waals surface area contributed by atoms with Gasteiger partial charge in [0.1, 0.15) is 0 Å². The Hall–Kier alpha value is -2.24. The van der Waals surface area contributed by atoms with Crippen LogP contribution in [0.5, 0.6) is 0 Å². The Bertz CT molecular complexity index is 534. The molecule has 6 heteroatoms. The van der Waals surface area contributed by atoms with E-state index in [1.807, 2.05) is 35.2 Å². The van der Waals surface area contributed by atoms with Crippen LogP contribution in [0.2, 0.25) is 0 Å². The quantitative estimate of drug-likeness (QED) is 0.881. The van der Waals surface area contributed by atoms with Crippen LogP contribution in [0, 0.1) is 0 Å². The summed E-state index contributed by atoms with van der Waals surface area (Å²) in [7, 11) is 1.81. The summed E-state index contributed by atoms with van der Waals surface area (Å²) in [6, 6.07) is 9.99. The number of hydrogen-bond acceptors (Lipinski definition) is 2. The first kappa shape index (κ1) is 13.7. The molecule has 0 aliphatic carbocycles. The van der Waals surface area contributed by atoms with Crippen molar-refractivity contribution in [1.82, 2.24) is 20.0 Å². The van der Waals surface area contributed by atoms with E-state index in [1.165, 1.54) is 0 Å². The van der Waals surface area contributed by atoms with E-state index in [9.17, 15) is 9.59 Å². The third kappa shape index (κ3) is 2.79. The molecule has 0 saturated carbocycles. The Morgan fingerprint density at radius 2 is 2.00 bits per heavy atom. The van der Waals surface area contributed by atoms with Gasteiger partial charge in [0.25, 0.3) is 0 Å². The topological polar surface area (TPSA) is 55.9 Å². The van der Waals surface area contributed by atoms with Gasteiger partial charge in [0.05, 0.1) is 6.04 Å². The van der Waals surface area contributed by atoms with Crippen LogP contribution in [0.1, 0.15) is 5.56 Å². The van der Waals surface area contributed by atoms with Crippen LogP contribution in [-0.2, 0) is 6.54 Å². The highest BCUT2D eigenvalue weighted by atomic mass is 16.2. The third-order valence-corrected chi connectivity index (χ3v) is 4.11. The van der Waals surface area contributed by atoms with Crippen molar-refractivity contribution in [2.75, 3.05) is 33.2 Å². The SMILES string of the molecule is CN1CC2CN(C(=O)NCc3ccccc3)CCN2C1=O. The van der Waals surface area contributed by atoms with Crippen LogP contribution in [0.25, 0.3) is 0 Å². The summed E-state index contributed by atoms with van der Waals surface area (Å²) < 4.78 is 0. The van der Waals surface area contributed by atoms with Gasteiger partial charge in [-0.05, 0) is 5.56 Å². The zero-order chi connectivity index (χ0) is 14.8. The van der Waals surface area contributed by atoms with Crippen molar-refractivity contribution >= 4 is 12.1 Å². The Balaban J connectivity index is 1.54. The summed E-state index contributed by atoms with van der Waals surface area (Å²) >= 11 is 0. The zero-order valence-electron chi connectivity index (χ0n) is 12.2. The normalized spacial score (nSPS) is 21.5. The van der Waals surface area contributed by atoms with E-state index >= 15 is 0 Å². The molecule has 2 heterocycles. The predicted octanol–water partition coefficient (Wildman–Crippen LogP) is 0.948. The lowest BCUT2D eigenvalue weighted by Gasteiger charge is -2.36. The molecule has 112 valence electrons. The lowest BCUT2D eigenvalue weighted by Crippen LogP contribution is -2.55. The number of rotatable bonds is 2. The molecule has 1 atom stereocenters. The van der Waals surface area contributed by atoms with Gasteiger partial charge in [0.2, 0.25) is 0 Å². The van der Waals surface area contributed by atoms with E-state index in [4.69, 9.17) is 0 Å². The number of fused-ring (bicyclic) bond motifs is 1. The standard InChI is InChI=1S/C15H20N4O2/c1-17-10-13-11-18(7-8-19(13)15(17)21)14(20)16-9-12-5-3-2-4-6-12/h2-6,13H,7-11H2,1H3,(H,16,20). The molecule has 0 bridgehead atoms. The van der Waals surface area contributed by atoms with Crippen molar-refractivity contribution in [3.63, 3.8) is 0 Å². The van der Waals surface area contributed by atoms with Crippen LogP contribution < -0.4 is 5.32 Å². The predicted molar refractivity (Wildman–Crippen MR) is 78.8 cm³/mol. The number of carbonyl (C=O) groups excluding carboxylic acids is 2. The maximum Gasteiger partial charge on any atom is 0.320 e. The van der Waals surface area contributed by atoms with Crippen molar-refractivity contribution < 1.29 is 9.59 Å². The Morgan fingerprint density at radius 1 is 1.24 bits per heavy atom. The fraction of sp³-hybridized carbons (Fsp3) is 0.467. The molecule has 1 aromatic rings. The van der Waals surface area contributed by atoms with Crippen LogP contribution in [0.3, 0.4) is 0 Å². The van der Waals surface area contributed by atoms with Crippen LogP contribution in [-0.4, -0.2) is 66.0 Å². The highest BCUT2D eigenvalue weighted by molar-refractivity contribution is 5.78. The minimum atomic E-state index is -0.0551. The zero-order valence-corrected chi connectivity index (χ0v) is 12.2. The van der Waals surface area contributed by atoms with Crippen molar-refractivity contribution in [1.29, 1.82) is 0 Å². The van der Waals surface area contributed by atoms with Crippen molar-refractivity contribution in [2.24, 2.45) is 0 Å². The average Bonchev–Trinajstić information content (AvgIpc) is 2.80. The van der Waals surface area contributed by atoms with E-state index in [-0.39, 0.29) is 18.1 Å². The smallest absolute Gasteiger partial charge is 0.320 e. The van der Waals surface area contributed by atoms with Crippen LogP contribution in [0.4, 0.5) is 9.59 Å². The molecule has 21 heavy (non-hydrogen) atoms. The molecule has 0 radical (unpaired) electrons. The van der Waals surface area contributed by atoms with Gasteiger partial charge in [-0.1, -0.05) is 30.3 Å². The number of amides is 4. The highest BCUT2D eigenvalue weighted by Crippen LogP contribution is 2.19. The van der Waals surface area contributed by atoms with E-state index in [0.717, 1.165) is 5.56 Å². The monoisotopic (exact) mass is 288 g/mol. The van der Waals surface area contributed by atoms with E-state index < -0.39 is 0 Å². The average molecular weight is 288 g/mol. The largest absolute Gasteiger partial charge is 0.334 e. The molecule has 2 aliphatic heterocycles. The molecule has 4 amide bonds. The Labute approximate surface area is 124 Å². The van der Waals surface area contributed by atoms with Crippen molar-refractivity contribution in [3.8, 4) is 0 Å². The van der Waals surface area contributed by atoms with Crippen molar-refractivity contribution in [2.45, 2.75) is 12.6 Å². The maximum atomic E-state index is 12.2. The minimum absolute atomic E-state index is 0.0551. The first-order valence-electron chi connectivity index (χ1n) is 7.23. The molecule has 1 unspecified atom stereocenters. The highest BCUT2D eigenvalue weighted by Gasteiger charge is 2.39. The van der Waals surface area contributed by atoms with Gasteiger partial charge in [-0.25, -0.2) is 9.59 Å². The molecule has 1 N–H and O–H groups in total. The van der Waals surface area contributed by atoms with E-state index in [1.54, 1.807) is 16.8 Å². The second-order valence-electron chi connectivity index (χ2n) is 5.60. The molecule has 2 aliphatic rings. The maximum absolute atomic E-state index is 12.2. The molecule has 2 fully saturated rings. The van der Waals surface area contributed by atoms with Crippen LogP contribution >= 0.6 is 0 Å². The van der Waals surface area contributed by atoms with Gasteiger partial charge in [-0.15, -0.1) is 0 Å². The number of likely N-dealkylation sites (N-methyl/N-ethyl adjacent to an activating group) is 1. The Morgan fingerprint density at radius 3 is 2.76 bits per heavy atom. The second kappa shape index (κ2) is 5.63. The number of nitrogens with zero attached hydrogens (tertiary/aromatic N) is 3. The summed E-state index contributed by atoms with van der Waals surface area (Å²) in [5.41, 5.74) is 1.08. The summed E-state index contributed by atoms with van der Waals surface area (Å²) in [5, 5.41) is 2.94. The molecule has 1 aromatic carbocycles. The van der Waals surface area contributed by atoms with Gasteiger partial charge in [0, 0.05) is 39.8 Å². The molecule has 2 saturated heterocycles. The summed E-state index contributed by atoms with van der Waals surface area (Å²) in [4.78, 5) is 29.5. The fourth-order valence-corrected chi connectivity index (χ4v) is 2.95. The summed E-state index contributed by atoms with van der Waals surface area (Å²) in [5.74, 6) is 0. The lowest BCUT2D eigenvalue weighted by atomic mass is 10.2. The molecule has 6 nitrogen and oxygen atoms in total. The summed E-state index contributed by atoms with van der Waals surface area (Å²) in [6.45, 7) is 3.05. The molecule has 0 aromatic heterocycles. The molecule has 3 rings (SSSR count). The number of hydrogen-bond donors (Lipinski definition) is 1. The van der Waals surface area contributed by atoms with E-state index in [2.05, 4.69) is 5.32 Å². The van der Waals surface area contributed by atoms with Gasteiger partial charge in [0.15, 0.2) is 0 Å². The van der Waals surface area contributed by atoms with Crippen molar-refractivity contribution in [3.05, 3.63) is 35.9 Å². The van der Waals surface area contributed by atoms with E-state index in [0.29, 0.717) is 32.7 Å². The number of piperazine rings is 1. The third-order valence-electron chi connectivity index (χ3n) is 4.11. The van der Waals surface area contributed by atoms with Gasteiger partial charge in [-0.2, -0.15) is 0 Å². The second-order valence-corrected chi connectivity index (χ2v) is 5.60. The number of urea groups is 2. The first-order chi connectivity index (χ1) is 10.1. The minimum Gasteiger partial charge on any atom is -0.334 e. The van der Waals surface area contributed by atoms with Crippen LogP contribution in [0.15, 0.2) is 30.3 Å². The lowest BCUT2D eigenvalue weighted by molar-refractivity contribution is 0.129. The molecule has 0 spiro atoms. The van der Waals surface area contributed by atoms with Gasteiger partial charge < -0.3 is 20.0 Å².